The molecule has 0 radical (unpaired) electrons. The highest BCUT2D eigenvalue weighted by Gasteiger charge is 2.14. The monoisotopic (exact) mass is 197 g/mol. The van der Waals surface area contributed by atoms with Crippen molar-refractivity contribution in [3.05, 3.63) is 28.3 Å². The lowest BCUT2D eigenvalue weighted by Gasteiger charge is -2.01. The maximum absolute atomic E-state index is 10.5. The van der Waals surface area contributed by atoms with Gasteiger partial charge in [-0.3, -0.25) is 0 Å². The number of aromatic carboxylic acids is 1. The Hall–Kier alpha value is -1.73. The second-order valence-electron chi connectivity index (χ2n) is 2.27. The molecular weight excluding hydrogens is 194 g/mol. The van der Waals surface area contributed by atoms with Gasteiger partial charge in [0, 0.05) is 5.02 Å². The summed E-state index contributed by atoms with van der Waals surface area (Å²) in [6.07, 6.45) is 0. The zero-order chi connectivity index (χ0) is 10.0. The molecule has 13 heavy (non-hydrogen) atoms. The fraction of sp³-hybridized carbons (Fsp3) is 0. The number of nitriles is 1. The van der Waals surface area contributed by atoms with Crippen LogP contribution in [-0.2, 0) is 0 Å². The lowest BCUT2D eigenvalue weighted by atomic mass is 10.1. The molecule has 1 rings (SSSR count). The molecule has 0 aromatic heterocycles. The first-order chi connectivity index (χ1) is 6.06. The van der Waals surface area contributed by atoms with Gasteiger partial charge in [-0.05, 0) is 12.1 Å². The van der Waals surface area contributed by atoms with Crippen molar-refractivity contribution in [1.82, 2.24) is 0 Å². The number of aromatic hydroxyl groups is 1. The standard InChI is InChI=1S/C8H4ClNO3/c9-5-1-4(3-10)7(11)6(2-5)8(12)13/h1-2,11H,(H,12,13). The third-order valence-corrected chi connectivity index (χ3v) is 1.64. The number of halogens is 1. The molecule has 4 nitrogen and oxygen atoms in total. The predicted octanol–water partition coefficient (Wildman–Crippen LogP) is 1.62. The summed E-state index contributed by atoms with van der Waals surface area (Å²) in [6.45, 7) is 0. The summed E-state index contributed by atoms with van der Waals surface area (Å²) < 4.78 is 0. The number of phenols is 1. The molecule has 5 heteroatoms. The van der Waals surface area contributed by atoms with Crippen LogP contribution in [0.25, 0.3) is 0 Å². The molecule has 0 heterocycles. The average molecular weight is 198 g/mol. The molecule has 0 fully saturated rings. The molecule has 0 unspecified atom stereocenters. The lowest BCUT2D eigenvalue weighted by molar-refractivity contribution is 0.0693. The van der Waals surface area contributed by atoms with Crippen LogP contribution in [0.3, 0.4) is 0 Å². The van der Waals surface area contributed by atoms with Gasteiger partial charge in [-0.15, -0.1) is 0 Å². The molecule has 0 bridgehead atoms. The van der Waals surface area contributed by atoms with E-state index in [-0.39, 0.29) is 16.1 Å². The van der Waals surface area contributed by atoms with Gasteiger partial charge in [0.1, 0.15) is 17.4 Å². The van der Waals surface area contributed by atoms with Crippen molar-refractivity contribution < 1.29 is 15.0 Å². The van der Waals surface area contributed by atoms with Gasteiger partial charge in [0.25, 0.3) is 0 Å². The molecule has 0 aliphatic rings. The van der Waals surface area contributed by atoms with Gasteiger partial charge in [0.15, 0.2) is 0 Å². The van der Waals surface area contributed by atoms with Crippen LogP contribution < -0.4 is 0 Å². The number of hydrogen-bond acceptors (Lipinski definition) is 3. The van der Waals surface area contributed by atoms with Crippen LogP contribution in [0.5, 0.6) is 5.75 Å². The SMILES string of the molecule is N#Cc1cc(Cl)cc(C(=O)O)c1O. The number of nitrogens with zero attached hydrogens (tertiary/aromatic N) is 1. The average Bonchev–Trinajstić information content (AvgIpc) is 2.08. The van der Waals surface area contributed by atoms with Crippen LogP contribution in [0.15, 0.2) is 12.1 Å². The van der Waals surface area contributed by atoms with Crippen molar-refractivity contribution >= 4 is 17.6 Å². The Morgan fingerprint density at radius 2 is 2.15 bits per heavy atom. The van der Waals surface area contributed by atoms with Gasteiger partial charge in [0.2, 0.25) is 0 Å². The highest BCUT2D eigenvalue weighted by molar-refractivity contribution is 6.31. The van der Waals surface area contributed by atoms with Gasteiger partial charge in [-0.2, -0.15) is 5.26 Å². The van der Waals surface area contributed by atoms with Crippen LogP contribution >= 0.6 is 11.6 Å². The van der Waals surface area contributed by atoms with Gasteiger partial charge < -0.3 is 10.2 Å². The number of hydrogen-bond donors (Lipinski definition) is 2. The molecule has 0 atom stereocenters. The summed E-state index contributed by atoms with van der Waals surface area (Å²) in [7, 11) is 0. The van der Waals surface area contributed by atoms with Gasteiger partial charge >= 0.3 is 5.97 Å². The van der Waals surface area contributed by atoms with Crippen molar-refractivity contribution in [2.45, 2.75) is 0 Å². The Kier molecular flexibility index (Phi) is 2.40. The molecule has 0 aliphatic carbocycles. The molecule has 0 amide bonds. The summed E-state index contributed by atoms with van der Waals surface area (Å²) in [6, 6.07) is 3.91. The minimum atomic E-state index is -1.32. The number of carbonyl (C=O) groups is 1. The molecular formula is C8H4ClNO3. The summed E-state index contributed by atoms with van der Waals surface area (Å²) in [5.74, 6) is -1.88. The van der Waals surface area contributed by atoms with E-state index in [0.29, 0.717) is 0 Å². The van der Waals surface area contributed by atoms with Gasteiger partial charge in [0.05, 0.1) is 5.56 Å². The number of carboxylic acid groups (broad SMARTS) is 1. The first-order valence-electron chi connectivity index (χ1n) is 3.22. The predicted molar refractivity (Wildman–Crippen MR) is 44.8 cm³/mol. The number of rotatable bonds is 1. The van der Waals surface area contributed by atoms with E-state index in [1.165, 1.54) is 6.07 Å². The van der Waals surface area contributed by atoms with Crippen LogP contribution in [0.4, 0.5) is 0 Å². The van der Waals surface area contributed by atoms with Crippen molar-refractivity contribution in [2.24, 2.45) is 0 Å². The first-order valence-corrected chi connectivity index (χ1v) is 3.60. The fourth-order valence-electron chi connectivity index (χ4n) is 0.847. The molecule has 0 spiro atoms. The number of carboxylic acids is 1. The van der Waals surface area contributed by atoms with Gasteiger partial charge in [-0.25, -0.2) is 4.79 Å². The van der Waals surface area contributed by atoms with Gasteiger partial charge in [-0.1, -0.05) is 11.6 Å². The second kappa shape index (κ2) is 3.33. The highest BCUT2D eigenvalue weighted by Crippen LogP contribution is 2.26. The zero-order valence-electron chi connectivity index (χ0n) is 6.28. The Labute approximate surface area is 78.6 Å². The maximum Gasteiger partial charge on any atom is 0.339 e. The molecule has 66 valence electrons. The summed E-state index contributed by atoms with van der Waals surface area (Å²) in [5, 5.41) is 26.4. The summed E-state index contributed by atoms with van der Waals surface area (Å²) >= 11 is 5.52. The second-order valence-corrected chi connectivity index (χ2v) is 2.70. The van der Waals surface area contributed by atoms with Crippen molar-refractivity contribution in [3.63, 3.8) is 0 Å². The van der Waals surface area contributed by atoms with E-state index in [2.05, 4.69) is 0 Å². The maximum atomic E-state index is 10.5. The van der Waals surface area contributed by atoms with E-state index >= 15 is 0 Å². The van der Waals surface area contributed by atoms with Crippen molar-refractivity contribution in [1.29, 1.82) is 5.26 Å². The van der Waals surface area contributed by atoms with Crippen LogP contribution in [-0.4, -0.2) is 16.2 Å². The molecule has 0 aliphatic heterocycles. The highest BCUT2D eigenvalue weighted by atomic mass is 35.5. The normalized spacial score (nSPS) is 9.23. The number of benzene rings is 1. The molecule has 1 aromatic carbocycles. The van der Waals surface area contributed by atoms with E-state index < -0.39 is 11.7 Å². The van der Waals surface area contributed by atoms with Crippen molar-refractivity contribution in [3.8, 4) is 11.8 Å². The minimum Gasteiger partial charge on any atom is -0.506 e. The Bertz CT molecular complexity index is 409. The molecule has 1 aromatic rings. The zero-order valence-corrected chi connectivity index (χ0v) is 7.04. The summed E-state index contributed by atoms with van der Waals surface area (Å²) in [4.78, 5) is 10.5. The Morgan fingerprint density at radius 1 is 1.54 bits per heavy atom. The third-order valence-electron chi connectivity index (χ3n) is 1.43. The van der Waals surface area contributed by atoms with E-state index in [0.717, 1.165) is 6.07 Å². The molecule has 2 N–H and O–H groups in total. The quantitative estimate of drug-likeness (QED) is 0.717. The lowest BCUT2D eigenvalue weighted by Crippen LogP contribution is -1.98. The third kappa shape index (κ3) is 1.71. The van der Waals surface area contributed by atoms with E-state index in [1.54, 1.807) is 6.07 Å². The first kappa shape index (κ1) is 9.36. The van der Waals surface area contributed by atoms with Crippen molar-refractivity contribution in [2.75, 3.05) is 0 Å². The Morgan fingerprint density at radius 3 is 2.62 bits per heavy atom. The minimum absolute atomic E-state index is 0.103. The van der Waals surface area contributed by atoms with E-state index in [4.69, 9.17) is 22.0 Å². The van der Waals surface area contributed by atoms with Crippen LogP contribution in [0, 0.1) is 11.3 Å². The summed E-state index contributed by atoms with van der Waals surface area (Å²) in [5.41, 5.74) is -0.519. The molecule has 0 saturated heterocycles. The topological polar surface area (TPSA) is 81.3 Å². The smallest absolute Gasteiger partial charge is 0.339 e. The Balaban J connectivity index is 3.47. The molecule has 0 saturated carbocycles. The van der Waals surface area contributed by atoms with E-state index in [9.17, 15) is 9.90 Å². The fourth-order valence-corrected chi connectivity index (χ4v) is 1.07. The van der Waals surface area contributed by atoms with Crippen LogP contribution in [0.1, 0.15) is 15.9 Å². The largest absolute Gasteiger partial charge is 0.506 e. The van der Waals surface area contributed by atoms with Crippen LogP contribution in [0.2, 0.25) is 5.02 Å². The van der Waals surface area contributed by atoms with E-state index in [1.807, 2.05) is 0 Å².